The van der Waals surface area contributed by atoms with Crippen LogP contribution < -0.4 is 5.43 Å². The van der Waals surface area contributed by atoms with Crippen LogP contribution in [-0.4, -0.2) is 20.8 Å². The minimum absolute atomic E-state index is 0.0561. The average molecular weight is 303 g/mol. The van der Waals surface area contributed by atoms with Crippen molar-refractivity contribution >= 4 is 38.0 Å². The van der Waals surface area contributed by atoms with E-state index in [0.717, 1.165) is 6.20 Å². The van der Waals surface area contributed by atoms with Crippen LogP contribution in [0.25, 0.3) is 0 Å². The van der Waals surface area contributed by atoms with Crippen molar-refractivity contribution in [2.45, 2.75) is 6.18 Å². The largest absolute Gasteiger partial charge is 0.441 e. The van der Waals surface area contributed by atoms with Crippen LogP contribution in [0.5, 0.6) is 0 Å². The molecule has 1 aromatic rings. The molecular weight excluding hydrogens is 300 g/mol. The van der Waals surface area contributed by atoms with Crippen LogP contribution in [0.1, 0.15) is 0 Å². The van der Waals surface area contributed by atoms with Crippen molar-refractivity contribution in [2.75, 3.05) is 5.43 Å². The van der Waals surface area contributed by atoms with Crippen molar-refractivity contribution in [1.29, 1.82) is 0 Å². The zero-order chi connectivity index (χ0) is 11.5. The predicted octanol–water partition coefficient (Wildman–Crippen LogP) is 2.81. The van der Waals surface area contributed by atoms with E-state index in [4.69, 9.17) is 11.6 Å². The van der Waals surface area contributed by atoms with Gasteiger partial charge < -0.3 is 0 Å². The molecule has 0 aliphatic rings. The van der Waals surface area contributed by atoms with Gasteiger partial charge in [0.25, 0.3) is 0 Å². The molecule has 0 atom stereocenters. The quantitative estimate of drug-likeness (QED) is 0.675. The number of hydrogen-bond donors (Lipinski definition) is 1. The van der Waals surface area contributed by atoms with Crippen LogP contribution in [0.3, 0.4) is 0 Å². The lowest BCUT2D eigenvalue weighted by molar-refractivity contribution is -0.0551. The summed E-state index contributed by atoms with van der Waals surface area (Å²) in [5.74, 6) is 0.0561. The van der Waals surface area contributed by atoms with Crippen LogP contribution in [0.4, 0.5) is 19.0 Å². The lowest BCUT2D eigenvalue weighted by atomic mass is 10.7. The maximum atomic E-state index is 11.9. The highest BCUT2D eigenvalue weighted by molar-refractivity contribution is 9.18. The molecule has 0 aliphatic heterocycles. The summed E-state index contributed by atoms with van der Waals surface area (Å²) in [5, 5.41) is 3.15. The first-order valence-electron chi connectivity index (χ1n) is 3.43. The van der Waals surface area contributed by atoms with E-state index in [1.807, 2.05) is 0 Å². The van der Waals surface area contributed by atoms with E-state index in [1.54, 1.807) is 0 Å². The summed E-state index contributed by atoms with van der Waals surface area (Å²) in [7, 11) is 0. The lowest BCUT2D eigenvalue weighted by Crippen LogP contribution is -2.18. The topological polar surface area (TPSA) is 50.2 Å². The minimum Gasteiger partial charge on any atom is -0.259 e. The molecule has 82 valence electrons. The maximum absolute atomic E-state index is 11.9. The van der Waals surface area contributed by atoms with Crippen molar-refractivity contribution in [1.82, 2.24) is 9.97 Å². The fraction of sp³-hybridized carbons (Fsp3) is 0.167. The summed E-state index contributed by atoms with van der Waals surface area (Å²) in [6.45, 7) is 0. The first-order chi connectivity index (χ1) is 6.89. The van der Waals surface area contributed by atoms with Gasteiger partial charge in [0.2, 0.25) is 4.62 Å². The molecule has 0 saturated carbocycles. The smallest absolute Gasteiger partial charge is 0.259 e. The molecule has 0 aromatic carbocycles. The van der Waals surface area contributed by atoms with Gasteiger partial charge in [-0.2, -0.15) is 18.3 Å². The number of anilines is 1. The third-order valence-corrected chi connectivity index (χ3v) is 1.94. The second-order valence-electron chi connectivity index (χ2n) is 2.24. The summed E-state index contributed by atoms with van der Waals surface area (Å²) < 4.78 is 34.6. The molecule has 0 amide bonds. The number of alkyl halides is 3. The number of rotatable bonds is 2. The van der Waals surface area contributed by atoms with Gasteiger partial charge >= 0.3 is 6.18 Å². The Bertz CT molecular complexity index is 364. The predicted molar refractivity (Wildman–Crippen MR) is 53.1 cm³/mol. The maximum Gasteiger partial charge on any atom is 0.441 e. The molecule has 15 heavy (non-hydrogen) atoms. The zero-order valence-corrected chi connectivity index (χ0v) is 9.23. The number of hydrogen-bond acceptors (Lipinski definition) is 4. The number of aromatic nitrogens is 2. The van der Waals surface area contributed by atoms with Gasteiger partial charge in [-0.25, -0.2) is 9.97 Å². The standard InChI is InChI=1S/C6H3BrClF3N4/c7-5(6(9,10)11)15-14-4-2-12-3(8)1-13-4/h1-2H,(H,13,14). The highest BCUT2D eigenvalue weighted by Gasteiger charge is 2.34. The minimum atomic E-state index is -4.53. The van der Waals surface area contributed by atoms with Crippen molar-refractivity contribution in [3.05, 3.63) is 17.5 Å². The van der Waals surface area contributed by atoms with Crippen molar-refractivity contribution in [3.8, 4) is 0 Å². The zero-order valence-electron chi connectivity index (χ0n) is 6.89. The molecule has 4 nitrogen and oxygen atoms in total. The Morgan fingerprint density at radius 2 is 2.07 bits per heavy atom. The van der Waals surface area contributed by atoms with Gasteiger partial charge in [-0.05, 0) is 15.9 Å². The molecule has 0 spiro atoms. The van der Waals surface area contributed by atoms with Crippen LogP contribution in [0.15, 0.2) is 17.5 Å². The first kappa shape index (κ1) is 12.2. The van der Waals surface area contributed by atoms with Crippen molar-refractivity contribution in [2.24, 2.45) is 5.10 Å². The van der Waals surface area contributed by atoms with Gasteiger partial charge in [-0.3, -0.25) is 5.43 Å². The second-order valence-corrected chi connectivity index (χ2v) is 3.37. The Morgan fingerprint density at radius 1 is 1.40 bits per heavy atom. The first-order valence-corrected chi connectivity index (χ1v) is 4.60. The second kappa shape index (κ2) is 4.75. The lowest BCUT2D eigenvalue weighted by Gasteiger charge is -2.03. The molecule has 0 unspecified atom stereocenters. The van der Waals surface area contributed by atoms with E-state index >= 15 is 0 Å². The normalized spacial score (nSPS) is 12.7. The number of nitrogens with zero attached hydrogens (tertiary/aromatic N) is 3. The summed E-state index contributed by atoms with van der Waals surface area (Å²) >= 11 is 7.68. The van der Waals surface area contributed by atoms with E-state index < -0.39 is 10.8 Å². The SMILES string of the molecule is FC(F)(F)C(Br)=NNc1cnc(Cl)cn1. The van der Waals surface area contributed by atoms with E-state index in [-0.39, 0.29) is 11.0 Å². The molecule has 0 saturated heterocycles. The van der Waals surface area contributed by atoms with Crippen molar-refractivity contribution < 1.29 is 13.2 Å². The molecule has 0 aliphatic carbocycles. The van der Waals surface area contributed by atoms with Crippen LogP contribution in [-0.2, 0) is 0 Å². The average Bonchev–Trinajstić information content (AvgIpc) is 2.15. The Morgan fingerprint density at radius 3 is 2.53 bits per heavy atom. The molecule has 1 rings (SSSR count). The van der Waals surface area contributed by atoms with Crippen LogP contribution in [0.2, 0.25) is 5.15 Å². The number of halogens is 5. The van der Waals surface area contributed by atoms with Crippen molar-refractivity contribution in [3.63, 3.8) is 0 Å². The number of nitrogens with one attached hydrogen (secondary N) is 1. The molecule has 1 N–H and O–H groups in total. The summed E-state index contributed by atoms with van der Waals surface area (Å²) in [4.78, 5) is 7.23. The van der Waals surface area contributed by atoms with E-state index in [2.05, 4.69) is 36.4 Å². The molecule has 1 aromatic heterocycles. The Balaban J connectivity index is 2.68. The third-order valence-electron chi connectivity index (χ3n) is 1.12. The Kier molecular flexibility index (Phi) is 3.86. The molecule has 9 heteroatoms. The van der Waals surface area contributed by atoms with Crippen LogP contribution in [0, 0.1) is 0 Å². The summed E-state index contributed by atoms with van der Waals surface area (Å²) in [5.41, 5.74) is 2.07. The van der Waals surface area contributed by atoms with Gasteiger partial charge in [0.1, 0.15) is 5.15 Å². The van der Waals surface area contributed by atoms with Gasteiger partial charge in [0, 0.05) is 0 Å². The molecule has 0 radical (unpaired) electrons. The van der Waals surface area contributed by atoms with Gasteiger partial charge in [0.15, 0.2) is 5.82 Å². The van der Waals surface area contributed by atoms with Gasteiger partial charge in [0.05, 0.1) is 12.4 Å². The van der Waals surface area contributed by atoms with E-state index in [0.29, 0.717) is 0 Å². The summed E-state index contributed by atoms with van der Waals surface area (Å²) in [6.07, 6.45) is -2.20. The Labute approximate surface area is 95.7 Å². The Hall–Kier alpha value is -0.890. The fourth-order valence-corrected chi connectivity index (χ4v) is 0.726. The molecule has 0 fully saturated rings. The fourth-order valence-electron chi connectivity index (χ4n) is 0.540. The molecular formula is C6H3BrClF3N4. The van der Waals surface area contributed by atoms with Gasteiger partial charge in [-0.1, -0.05) is 11.6 Å². The molecule has 0 bridgehead atoms. The van der Waals surface area contributed by atoms with Gasteiger partial charge in [-0.15, -0.1) is 0 Å². The number of hydrazone groups is 1. The monoisotopic (exact) mass is 302 g/mol. The summed E-state index contributed by atoms with van der Waals surface area (Å²) in [6, 6.07) is 0. The highest BCUT2D eigenvalue weighted by Crippen LogP contribution is 2.21. The highest BCUT2D eigenvalue weighted by atomic mass is 79.9. The van der Waals surface area contributed by atoms with Crippen LogP contribution >= 0.6 is 27.5 Å². The molecule has 1 heterocycles. The van der Waals surface area contributed by atoms with E-state index in [1.165, 1.54) is 6.20 Å². The third kappa shape index (κ3) is 4.00. The van der Waals surface area contributed by atoms with E-state index in [9.17, 15) is 13.2 Å².